The smallest absolute Gasteiger partial charge is 0.0361 e. The Balaban J connectivity index is 0.974. The van der Waals surface area contributed by atoms with Gasteiger partial charge in [-0.1, -0.05) is 134 Å². The zero-order valence-corrected chi connectivity index (χ0v) is 23.5. The molecule has 0 nitrogen and oxygen atoms in total. The molecule has 0 aliphatic heterocycles. The maximum absolute atomic E-state index is 2.28. The highest BCUT2D eigenvalue weighted by Crippen LogP contribution is 2.35. The molecule has 5 aromatic carbocycles. The van der Waals surface area contributed by atoms with Crippen LogP contribution in [0.4, 0.5) is 0 Å². The van der Waals surface area contributed by atoms with Crippen molar-refractivity contribution in [1.82, 2.24) is 0 Å². The molecule has 0 aliphatic rings. The molecule has 0 saturated carbocycles. The molecule has 0 N–H and O–H groups in total. The standard InChI is InChI=1S/C38H26S2/c1(3-11-29-21-23-33-31-13-5-7-15-35(31)39-37(33)25-29)9-27-17-19-28(20-18-27)10-2-4-12-30-22-24-34-32-14-6-8-16-36(32)40-38(34)26-30/h1-26H. The van der Waals surface area contributed by atoms with E-state index < -0.39 is 0 Å². The van der Waals surface area contributed by atoms with Crippen molar-refractivity contribution in [2.75, 3.05) is 0 Å². The molecule has 40 heavy (non-hydrogen) atoms. The number of rotatable bonds is 6. The van der Waals surface area contributed by atoms with Gasteiger partial charge >= 0.3 is 0 Å². The summed E-state index contributed by atoms with van der Waals surface area (Å²) in [6, 6.07) is 39.3. The molecule has 0 saturated heterocycles. The molecule has 0 spiro atoms. The molecule has 0 bridgehead atoms. The van der Waals surface area contributed by atoms with Gasteiger partial charge in [0.05, 0.1) is 0 Å². The largest absolute Gasteiger partial charge is 0.135 e. The first-order valence-corrected chi connectivity index (χ1v) is 15.1. The van der Waals surface area contributed by atoms with E-state index in [2.05, 4.69) is 158 Å². The minimum absolute atomic E-state index is 1.19. The van der Waals surface area contributed by atoms with Crippen molar-refractivity contribution in [3.63, 3.8) is 0 Å². The number of thiophene rings is 2. The first-order chi connectivity index (χ1) is 19.8. The Morgan fingerprint density at radius 1 is 0.325 bits per heavy atom. The first kappa shape index (κ1) is 24.5. The molecule has 190 valence electrons. The molecule has 0 aliphatic carbocycles. The summed E-state index contributed by atoms with van der Waals surface area (Å²) < 4.78 is 5.36. The Bertz CT molecular complexity index is 1940. The van der Waals surface area contributed by atoms with Gasteiger partial charge in [0.25, 0.3) is 0 Å². The van der Waals surface area contributed by atoms with E-state index in [1.807, 2.05) is 22.7 Å². The molecule has 0 atom stereocenters. The predicted molar refractivity (Wildman–Crippen MR) is 181 cm³/mol. The molecule has 0 amide bonds. The fraction of sp³-hybridized carbons (Fsp3) is 0. The molecule has 7 aromatic rings. The van der Waals surface area contributed by atoms with Crippen molar-refractivity contribution >= 4 is 87.3 Å². The Hall–Kier alpha value is -4.50. The summed E-state index contributed by atoms with van der Waals surface area (Å²) in [5, 5.41) is 5.37. The second kappa shape index (κ2) is 10.9. The SMILES string of the molecule is C(C=Cc1ccc2c(c1)sc1ccccc12)=Cc1ccc(C=CC=Cc2ccc3c(c2)sc2ccccc23)cc1. The zero-order chi connectivity index (χ0) is 26.7. The summed E-state index contributed by atoms with van der Waals surface area (Å²) in [4.78, 5) is 0. The second-order valence-corrected chi connectivity index (χ2v) is 12.0. The summed E-state index contributed by atoms with van der Waals surface area (Å²) in [5.41, 5.74) is 4.82. The summed E-state index contributed by atoms with van der Waals surface area (Å²) in [5.74, 6) is 0. The Labute approximate surface area is 242 Å². The summed E-state index contributed by atoms with van der Waals surface area (Å²) in [7, 11) is 0. The van der Waals surface area contributed by atoms with Crippen molar-refractivity contribution in [3.05, 3.63) is 156 Å². The minimum atomic E-state index is 1.19. The zero-order valence-electron chi connectivity index (χ0n) is 21.8. The molecule has 0 fully saturated rings. The highest BCUT2D eigenvalue weighted by Gasteiger charge is 2.05. The topological polar surface area (TPSA) is 0 Å². The van der Waals surface area contributed by atoms with Gasteiger partial charge in [-0.2, -0.15) is 0 Å². The van der Waals surface area contributed by atoms with E-state index in [0.717, 1.165) is 0 Å². The number of hydrogen-bond acceptors (Lipinski definition) is 2. The monoisotopic (exact) mass is 546 g/mol. The van der Waals surface area contributed by atoms with Gasteiger partial charge in [-0.3, -0.25) is 0 Å². The van der Waals surface area contributed by atoms with Crippen LogP contribution in [0.25, 0.3) is 64.6 Å². The number of fused-ring (bicyclic) bond motifs is 6. The van der Waals surface area contributed by atoms with Gasteiger partial charge in [0.2, 0.25) is 0 Å². The van der Waals surface area contributed by atoms with Gasteiger partial charge in [0, 0.05) is 40.3 Å². The van der Waals surface area contributed by atoms with Gasteiger partial charge in [0.1, 0.15) is 0 Å². The van der Waals surface area contributed by atoms with Gasteiger partial charge in [-0.15, -0.1) is 22.7 Å². The van der Waals surface area contributed by atoms with Crippen molar-refractivity contribution in [2.45, 2.75) is 0 Å². The maximum atomic E-state index is 2.28. The average Bonchev–Trinajstić information content (AvgIpc) is 3.55. The molecule has 0 unspecified atom stereocenters. The van der Waals surface area contributed by atoms with E-state index in [4.69, 9.17) is 0 Å². The van der Waals surface area contributed by atoms with Crippen LogP contribution in [0, 0.1) is 0 Å². The number of allylic oxidation sites excluding steroid dienone is 4. The fourth-order valence-corrected chi connectivity index (χ4v) is 7.39. The van der Waals surface area contributed by atoms with Crippen molar-refractivity contribution in [2.24, 2.45) is 0 Å². The van der Waals surface area contributed by atoms with Gasteiger partial charge in [0.15, 0.2) is 0 Å². The van der Waals surface area contributed by atoms with Gasteiger partial charge in [-0.25, -0.2) is 0 Å². The highest BCUT2D eigenvalue weighted by atomic mass is 32.1. The van der Waals surface area contributed by atoms with Crippen LogP contribution in [0.3, 0.4) is 0 Å². The predicted octanol–water partition coefficient (Wildman–Crippen LogP) is 11.9. The van der Waals surface area contributed by atoms with Crippen LogP contribution in [-0.4, -0.2) is 0 Å². The van der Waals surface area contributed by atoms with Crippen LogP contribution in [0.5, 0.6) is 0 Å². The lowest BCUT2D eigenvalue weighted by Crippen LogP contribution is -1.74. The van der Waals surface area contributed by atoms with Crippen LogP contribution < -0.4 is 0 Å². The van der Waals surface area contributed by atoms with E-state index in [-0.39, 0.29) is 0 Å². The average molecular weight is 547 g/mol. The molecular weight excluding hydrogens is 521 g/mol. The van der Waals surface area contributed by atoms with E-state index in [9.17, 15) is 0 Å². The van der Waals surface area contributed by atoms with E-state index in [1.54, 1.807) is 0 Å². The maximum Gasteiger partial charge on any atom is 0.0361 e. The Kier molecular flexibility index (Phi) is 6.71. The normalized spacial score (nSPS) is 12.6. The first-order valence-electron chi connectivity index (χ1n) is 13.4. The van der Waals surface area contributed by atoms with Crippen LogP contribution in [0.2, 0.25) is 0 Å². The fourth-order valence-electron chi connectivity index (χ4n) is 5.08. The lowest BCUT2D eigenvalue weighted by atomic mass is 10.1. The number of hydrogen-bond donors (Lipinski definition) is 0. The molecular formula is C38H26S2. The Morgan fingerprint density at radius 3 is 1.12 bits per heavy atom. The summed E-state index contributed by atoms with van der Waals surface area (Å²) in [6.07, 6.45) is 17.1. The lowest BCUT2D eigenvalue weighted by molar-refractivity contribution is 1.62. The van der Waals surface area contributed by atoms with Crippen molar-refractivity contribution < 1.29 is 0 Å². The molecule has 2 heterocycles. The highest BCUT2D eigenvalue weighted by molar-refractivity contribution is 7.26. The molecule has 7 rings (SSSR count). The molecule has 2 heteroatoms. The summed E-state index contributed by atoms with van der Waals surface area (Å²) in [6.45, 7) is 0. The van der Waals surface area contributed by atoms with E-state index in [0.29, 0.717) is 0 Å². The van der Waals surface area contributed by atoms with Crippen LogP contribution in [0.1, 0.15) is 22.3 Å². The van der Waals surface area contributed by atoms with Crippen LogP contribution >= 0.6 is 22.7 Å². The molecule has 0 radical (unpaired) electrons. The lowest BCUT2D eigenvalue weighted by Gasteiger charge is -1.96. The third-order valence-corrected chi connectivity index (χ3v) is 9.39. The van der Waals surface area contributed by atoms with Crippen molar-refractivity contribution in [1.29, 1.82) is 0 Å². The second-order valence-electron chi connectivity index (χ2n) is 9.81. The molecule has 2 aromatic heterocycles. The third kappa shape index (κ3) is 5.08. The third-order valence-electron chi connectivity index (χ3n) is 7.12. The van der Waals surface area contributed by atoms with Crippen LogP contribution in [0.15, 0.2) is 133 Å². The quantitative estimate of drug-likeness (QED) is 0.182. The van der Waals surface area contributed by atoms with Gasteiger partial charge in [-0.05, 0) is 46.5 Å². The van der Waals surface area contributed by atoms with E-state index in [1.165, 1.54) is 62.6 Å². The van der Waals surface area contributed by atoms with Crippen LogP contribution in [-0.2, 0) is 0 Å². The summed E-state index contributed by atoms with van der Waals surface area (Å²) >= 11 is 3.72. The van der Waals surface area contributed by atoms with Crippen molar-refractivity contribution in [3.8, 4) is 0 Å². The number of benzene rings is 5. The Morgan fingerprint density at radius 2 is 0.675 bits per heavy atom. The van der Waals surface area contributed by atoms with E-state index >= 15 is 0 Å². The van der Waals surface area contributed by atoms with Gasteiger partial charge < -0.3 is 0 Å². The minimum Gasteiger partial charge on any atom is -0.135 e.